The molecule has 0 spiro atoms. The van der Waals surface area contributed by atoms with Crippen molar-refractivity contribution in [2.45, 2.75) is 18.9 Å². The molecule has 1 fully saturated rings. The molecular weight excluding hydrogens is 224 g/mol. The number of hydrogen-bond acceptors (Lipinski definition) is 4. The molecule has 92 valence electrons. The maximum absolute atomic E-state index is 11.4. The minimum atomic E-state index is -0.881. The third kappa shape index (κ3) is 4.51. The van der Waals surface area contributed by atoms with Crippen LogP contribution < -0.4 is 10.6 Å². The number of carbonyl (C=O) groups is 3. The van der Waals surface area contributed by atoms with Gasteiger partial charge in [0.15, 0.2) is 0 Å². The van der Waals surface area contributed by atoms with Gasteiger partial charge in [0.2, 0.25) is 5.91 Å². The summed E-state index contributed by atoms with van der Waals surface area (Å²) in [5.74, 6) is -1.99. The number of nitrogens with one attached hydrogen (secondary N) is 2. The van der Waals surface area contributed by atoms with Crippen LogP contribution in [0.4, 0.5) is 0 Å². The lowest BCUT2D eigenvalue weighted by atomic mass is 10.4. The van der Waals surface area contributed by atoms with Gasteiger partial charge in [-0.1, -0.05) is 0 Å². The maximum atomic E-state index is 11.4. The lowest BCUT2D eigenvalue weighted by Crippen LogP contribution is -2.45. The summed E-state index contributed by atoms with van der Waals surface area (Å²) in [5, 5.41) is 13.1. The monoisotopic (exact) mass is 238 g/mol. The van der Waals surface area contributed by atoms with Gasteiger partial charge in [0.25, 0.3) is 0 Å². The zero-order valence-electron chi connectivity index (χ0n) is 9.52. The largest absolute Gasteiger partial charge is 0.352 e. The number of amides is 3. The van der Waals surface area contributed by atoms with E-state index in [1.54, 1.807) is 6.07 Å². The first kappa shape index (κ1) is 13.0. The van der Waals surface area contributed by atoms with E-state index in [4.69, 9.17) is 5.26 Å². The Hall–Kier alpha value is -2.10. The van der Waals surface area contributed by atoms with Crippen molar-refractivity contribution in [1.29, 1.82) is 5.26 Å². The van der Waals surface area contributed by atoms with Crippen LogP contribution in [0.15, 0.2) is 0 Å². The van der Waals surface area contributed by atoms with Gasteiger partial charge in [-0.05, 0) is 12.8 Å². The first-order chi connectivity index (χ1) is 8.04. The minimum Gasteiger partial charge on any atom is -0.352 e. The van der Waals surface area contributed by atoms with Gasteiger partial charge in [-0.25, -0.2) is 0 Å². The quantitative estimate of drug-likeness (QED) is 0.453. The summed E-state index contributed by atoms with van der Waals surface area (Å²) in [6.07, 6.45) is 1.93. The number of nitrogens with zero attached hydrogens (tertiary/aromatic N) is 2. The van der Waals surface area contributed by atoms with E-state index in [-0.39, 0.29) is 25.0 Å². The predicted molar refractivity (Wildman–Crippen MR) is 57.4 cm³/mol. The van der Waals surface area contributed by atoms with Crippen LogP contribution in [0.3, 0.4) is 0 Å². The molecule has 0 aromatic carbocycles. The van der Waals surface area contributed by atoms with Crippen molar-refractivity contribution >= 4 is 17.7 Å². The second-order valence-corrected chi connectivity index (χ2v) is 3.84. The molecule has 1 aliphatic carbocycles. The van der Waals surface area contributed by atoms with E-state index in [1.165, 1.54) is 7.05 Å². The van der Waals surface area contributed by atoms with E-state index in [2.05, 4.69) is 10.6 Å². The Balaban J connectivity index is 2.32. The summed E-state index contributed by atoms with van der Waals surface area (Å²) in [4.78, 5) is 35.0. The lowest BCUT2D eigenvalue weighted by Gasteiger charge is -2.15. The summed E-state index contributed by atoms with van der Waals surface area (Å²) in [5.41, 5.74) is 0. The summed E-state index contributed by atoms with van der Waals surface area (Å²) >= 11 is 0. The Labute approximate surface area is 98.8 Å². The fraction of sp³-hybridized carbons (Fsp3) is 0.600. The van der Waals surface area contributed by atoms with Crippen molar-refractivity contribution in [3.8, 4) is 6.07 Å². The number of hydrogen-bond donors (Lipinski definition) is 2. The highest BCUT2D eigenvalue weighted by Crippen LogP contribution is 2.18. The van der Waals surface area contributed by atoms with Crippen molar-refractivity contribution in [1.82, 2.24) is 15.5 Å². The van der Waals surface area contributed by atoms with Gasteiger partial charge in [0.05, 0.1) is 12.6 Å². The molecular formula is C10H14N4O3. The minimum absolute atomic E-state index is 0.157. The van der Waals surface area contributed by atoms with Crippen LogP contribution in [0, 0.1) is 11.3 Å². The molecule has 0 aliphatic heterocycles. The molecule has 1 rings (SSSR count). The van der Waals surface area contributed by atoms with Crippen LogP contribution in [0.2, 0.25) is 0 Å². The van der Waals surface area contributed by atoms with Crippen LogP contribution >= 0.6 is 0 Å². The van der Waals surface area contributed by atoms with Gasteiger partial charge in [0.1, 0.15) is 6.54 Å². The molecule has 0 aromatic heterocycles. The van der Waals surface area contributed by atoms with Crippen molar-refractivity contribution in [3.05, 3.63) is 0 Å². The molecule has 0 aromatic rings. The first-order valence-electron chi connectivity index (χ1n) is 5.24. The molecule has 17 heavy (non-hydrogen) atoms. The third-order valence-electron chi connectivity index (χ3n) is 2.19. The fourth-order valence-electron chi connectivity index (χ4n) is 1.16. The molecule has 0 radical (unpaired) electrons. The van der Waals surface area contributed by atoms with Crippen molar-refractivity contribution in [2.24, 2.45) is 0 Å². The van der Waals surface area contributed by atoms with Crippen LogP contribution in [-0.2, 0) is 14.4 Å². The van der Waals surface area contributed by atoms with E-state index in [1.807, 2.05) is 0 Å². The fourth-order valence-corrected chi connectivity index (χ4v) is 1.16. The molecule has 3 amide bonds. The molecule has 0 atom stereocenters. The van der Waals surface area contributed by atoms with Crippen LogP contribution in [-0.4, -0.2) is 48.8 Å². The Bertz CT molecular complexity index is 370. The first-order valence-corrected chi connectivity index (χ1v) is 5.24. The zero-order valence-corrected chi connectivity index (χ0v) is 9.52. The maximum Gasteiger partial charge on any atom is 0.312 e. The Kier molecular flexibility index (Phi) is 4.46. The van der Waals surface area contributed by atoms with Gasteiger partial charge in [-0.2, -0.15) is 5.26 Å². The molecule has 1 saturated carbocycles. The summed E-state index contributed by atoms with van der Waals surface area (Å²) < 4.78 is 0. The van der Waals surface area contributed by atoms with Crippen molar-refractivity contribution in [3.63, 3.8) is 0 Å². The molecule has 0 unspecified atom stereocenters. The van der Waals surface area contributed by atoms with Crippen LogP contribution in [0.5, 0.6) is 0 Å². The third-order valence-corrected chi connectivity index (χ3v) is 2.19. The Morgan fingerprint density at radius 2 is 2.06 bits per heavy atom. The number of rotatable bonds is 4. The van der Waals surface area contributed by atoms with E-state index >= 15 is 0 Å². The molecule has 0 saturated heterocycles. The SMILES string of the molecule is CN(CC(=O)NC1CC1)C(=O)C(=O)NCC#N. The van der Waals surface area contributed by atoms with E-state index in [0.29, 0.717) is 0 Å². The Morgan fingerprint density at radius 3 is 2.59 bits per heavy atom. The molecule has 0 bridgehead atoms. The summed E-state index contributed by atoms with van der Waals surface area (Å²) in [7, 11) is 1.36. The topological polar surface area (TPSA) is 102 Å². The van der Waals surface area contributed by atoms with Gasteiger partial charge in [-0.15, -0.1) is 0 Å². The second-order valence-electron chi connectivity index (χ2n) is 3.84. The van der Waals surface area contributed by atoms with E-state index in [9.17, 15) is 14.4 Å². The summed E-state index contributed by atoms with van der Waals surface area (Å²) in [6, 6.07) is 1.91. The van der Waals surface area contributed by atoms with E-state index < -0.39 is 11.8 Å². The molecule has 7 nitrogen and oxygen atoms in total. The molecule has 2 N–H and O–H groups in total. The predicted octanol–water partition coefficient (Wildman–Crippen LogP) is -1.64. The Morgan fingerprint density at radius 1 is 1.41 bits per heavy atom. The summed E-state index contributed by atoms with van der Waals surface area (Å²) in [6.45, 7) is -0.387. The van der Waals surface area contributed by atoms with Gasteiger partial charge < -0.3 is 15.5 Å². The van der Waals surface area contributed by atoms with Gasteiger partial charge in [-0.3, -0.25) is 14.4 Å². The van der Waals surface area contributed by atoms with Crippen LogP contribution in [0.25, 0.3) is 0 Å². The van der Waals surface area contributed by atoms with Gasteiger partial charge >= 0.3 is 11.8 Å². The highest BCUT2D eigenvalue weighted by molar-refractivity contribution is 6.35. The zero-order chi connectivity index (χ0) is 12.8. The highest BCUT2D eigenvalue weighted by Gasteiger charge is 2.25. The average Bonchev–Trinajstić information content (AvgIpc) is 3.08. The number of likely N-dealkylation sites (N-methyl/N-ethyl adjacent to an activating group) is 1. The second kappa shape index (κ2) is 5.84. The number of nitriles is 1. The van der Waals surface area contributed by atoms with Crippen molar-refractivity contribution in [2.75, 3.05) is 20.1 Å². The standard InChI is InChI=1S/C10H14N4O3/c1-14(6-8(15)13-7-2-3-7)10(17)9(16)12-5-4-11/h7H,2-3,5-6H2,1H3,(H,12,16)(H,13,15). The molecule has 1 aliphatic rings. The van der Waals surface area contributed by atoms with Crippen LogP contribution in [0.1, 0.15) is 12.8 Å². The molecule has 7 heteroatoms. The molecule has 0 heterocycles. The lowest BCUT2D eigenvalue weighted by molar-refractivity contribution is -0.146. The van der Waals surface area contributed by atoms with Gasteiger partial charge in [0, 0.05) is 13.1 Å². The van der Waals surface area contributed by atoms with Crippen molar-refractivity contribution < 1.29 is 14.4 Å². The van der Waals surface area contributed by atoms with E-state index in [0.717, 1.165) is 17.7 Å². The normalized spacial score (nSPS) is 13.4. The average molecular weight is 238 g/mol. The highest BCUT2D eigenvalue weighted by atomic mass is 16.2. The smallest absolute Gasteiger partial charge is 0.312 e. The number of carbonyl (C=O) groups excluding carboxylic acids is 3.